The molecule has 8 rings (SSSR count). The summed E-state index contributed by atoms with van der Waals surface area (Å²) in [6, 6.07) is 60.6. The molecule has 0 radical (unpaired) electrons. The smallest absolute Gasteiger partial charge is 0.336 e. The molecule has 0 heterocycles. The minimum Gasteiger partial charge on any atom is -0.478 e. The van der Waals surface area contributed by atoms with E-state index >= 15 is 0 Å². The fraction of sp³-hybridized carbons (Fsp3) is 0.0909. The van der Waals surface area contributed by atoms with Crippen LogP contribution in [0.15, 0.2) is 194 Å². The van der Waals surface area contributed by atoms with Gasteiger partial charge in [0.25, 0.3) is 5.91 Å². The molecule has 324 valence electrons. The number of carbonyl (C=O) groups is 2. The summed E-state index contributed by atoms with van der Waals surface area (Å²) < 4.78 is 12.3. The Labute approximate surface area is 377 Å². The van der Waals surface area contributed by atoms with E-state index < -0.39 is 11.9 Å². The lowest BCUT2D eigenvalue weighted by Crippen LogP contribution is -2.18. The van der Waals surface area contributed by atoms with E-state index in [1.165, 1.54) is 6.07 Å². The first kappa shape index (κ1) is 43.6. The number of aromatic carboxylic acids is 1. The molecule has 0 aliphatic rings. The zero-order valence-corrected chi connectivity index (χ0v) is 35.7. The van der Waals surface area contributed by atoms with Crippen molar-refractivity contribution in [1.29, 1.82) is 0 Å². The Hall–Kier alpha value is -8.02. The van der Waals surface area contributed by atoms with E-state index in [9.17, 15) is 14.7 Å². The van der Waals surface area contributed by atoms with Crippen molar-refractivity contribution < 1.29 is 39.2 Å². The molecule has 0 atom stereocenters. The van der Waals surface area contributed by atoms with Crippen molar-refractivity contribution in [3.05, 3.63) is 228 Å². The Morgan fingerprint density at radius 1 is 0.492 bits per heavy atom. The summed E-state index contributed by atoms with van der Waals surface area (Å²) in [7, 11) is 0. The fourth-order valence-corrected chi connectivity index (χ4v) is 7.42. The predicted octanol–water partition coefficient (Wildman–Crippen LogP) is 13.4. The molecule has 8 aromatic carbocycles. The molecule has 0 saturated heterocycles. The molecule has 0 spiro atoms. The van der Waals surface area contributed by atoms with E-state index in [0.717, 1.165) is 50.2 Å². The van der Waals surface area contributed by atoms with Crippen molar-refractivity contribution in [2.45, 2.75) is 32.5 Å². The first-order chi connectivity index (χ1) is 31.6. The Morgan fingerprint density at radius 3 is 1.48 bits per heavy atom. The number of carboxylic acids is 1. The van der Waals surface area contributed by atoms with Crippen molar-refractivity contribution in [3.8, 4) is 45.3 Å². The molecule has 0 aliphatic carbocycles. The Kier molecular flexibility index (Phi) is 13.4. The Bertz CT molecular complexity index is 2870. The van der Waals surface area contributed by atoms with Gasteiger partial charge < -0.3 is 19.9 Å². The molecule has 0 aliphatic heterocycles. The summed E-state index contributed by atoms with van der Waals surface area (Å²) in [5.74, 6) is 0.903. The van der Waals surface area contributed by atoms with Gasteiger partial charge in [-0.05, 0) is 136 Å². The third-order valence-electron chi connectivity index (χ3n) is 11.1. The maximum absolute atomic E-state index is 13.3. The minimum atomic E-state index is -1.18. The summed E-state index contributed by atoms with van der Waals surface area (Å²) >= 11 is 0. The van der Waals surface area contributed by atoms with Crippen molar-refractivity contribution >= 4 is 23.3 Å². The van der Waals surface area contributed by atoms with Crippen LogP contribution in [-0.4, -0.2) is 22.2 Å². The Balaban J connectivity index is 0.833. The van der Waals surface area contributed by atoms with Gasteiger partial charge in [0.05, 0.1) is 16.8 Å². The van der Waals surface area contributed by atoms with Gasteiger partial charge in [0.1, 0.15) is 36.2 Å². The Morgan fingerprint density at radius 2 is 0.969 bits per heavy atom. The number of amides is 1. The molecule has 0 fully saturated rings. The lowest BCUT2D eigenvalue weighted by molar-refractivity contribution is -0.253. The summed E-state index contributed by atoms with van der Waals surface area (Å²) in [6.45, 7) is 4.64. The number of rotatable bonds is 17. The van der Waals surface area contributed by atoms with Gasteiger partial charge in [-0.25, -0.2) is 9.68 Å². The topological polar surface area (TPSA) is 136 Å². The van der Waals surface area contributed by atoms with Gasteiger partial charge >= 0.3 is 5.97 Å². The van der Waals surface area contributed by atoms with E-state index in [1.807, 2.05) is 140 Å². The van der Waals surface area contributed by atoms with Crippen LogP contribution in [0.4, 0.5) is 11.4 Å². The van der Waals surface area contributed by atoms with Crippen molar-refractivity contribution in [1.82, 2.24) is 0 Å². The van der Waals surface area contributed by atoms with Gasteiger partial charge in [-0.15, -0.1) is 0 Å². The highest BCUT2D eigenvalue weighted by molar-refractivity contribution is 6.11. The molecular weight excluding hydrogens is 817 g/mol. The maximum atomic E-state index is 13.3. The number of carbonyl (C=O) groups excluding carboxylic acids is 1. The monoisotopic (exact) mass is 862 g/mol. The SMILES string of the molecule is CC(C)(c1ccc(Oc2ccc(NOCc3cc(-c4ccccc4)ccc3COO)cc2)cc1)c1ccc(Oc2ccc(NC(=O)c3cc(-c4ccccc4)ccc3C(=O)O)cc2)cc1. The third kappa shape index (κ3) is 10.8. The first-order valence-corrected chi connectivity index (χ1v) is 21.0. The van der Waals surface area contributed by atoms with Crippen LogP contribution in [0.1, 0.15) is 56.8 Å². The number of carboxylic acid groups (broad SMARTS) is 1. The highest BCUT2D eigenvalue weighted by atomic mass is 17.1. The summed E-state index contributed by atoms with van der Waals surface area (Å²) in [5, 5.41) is 21.7. The van der Waals surface area contributed by atoms with Crippen LogP contribution in [0.2, 0.25) is 0 Å². The standard InChI is InChI=1S/C55H46N2O8/c1-55(2,43-16-24-47(25-17-43)64-49-28-20-45(21-29-49)56-53(58)52-34-40(15-32-51(52)54(59)60)38-11-7-4-8-12-38)44-18-26-48(27-19-44)65-50-30-22-46(23-31-50)57-62-35-42-33-39(13-14-41(42)36-63-61)37-9-5-3-6-10-37/h3-34,57,61H,35-36H2,1-2H3,(H,56,58)(H,59,60). The van der Waals surface area contributed by atoms with E-state index in [2.05, 4.69) is 41.7 Å². The largest absolute Gasteiger partial charge is 0.478 e. The number of anilines is 2. The zero-order valence-electron chi connectivity index (χ0n) is 35.7. The maximum Gasteiger partial charge on any atom is 0.336 e. The van der Waals surface area contributed by atoms with Gasteiger partial charge in [-0.1, -0.05) is 117 Å². The van der Waals surface area contributed by atoms with Gasteiger partial charge in [-0.3, -0.25) is 20.4 Å². The molecule has 0 saturated carbocycles. The quantitative estimate of drug-likeness (QED) is 0.0521. The normalized spacial score (nSPS) is 11.1. The average molecular weight is 863 g/mol. The van der Waals surface area contributed by atoms with E-state index in [-0.39, 0.29) is 29.8 Å². The summed E-state index contributed by atoms with van der Waals surface area (Å²) in [5.41, 5.74) is 11.6. The second-order valence-corrected chi connectivity index (χ2v) is 15.8. The van der Waals surface area contributed by atoms with E-state index in [4.69, 9.17) is 19.6 Å². The van der Waals surface area contributed by atoms with E-state index in [1.54, 1.807) is 36.4 Å². The average Bonchev–Trinajstić information content (AvgIpc) is 3.34. The molecule has 10 nitrogen and oxygen atoms in total. The molecule has 10 heteroatoms. The lowest BCUT2D eigenvalue weighted by Gasteiger charge is -2.26. The van der Waals surface area contributed by atoms with E-state index in [0.29, 0.717) is 28.7 Å². The van der Waals surface area contributed by atoms with Crippen LogP contribution >= 0.6 is 0 Å². The summed E-state index contributed by atoms with van der Waals surface area (Å²) in [6.07, 6.45) is 0. The molecule has 0 bridgehead atoms. The highest BCUT2D eigenvalue weighted by Gasteiger charge is 2.24. The van der Waals surface area contributed by atoms with Gasteiger partial charge in [-0.2, -0.15) is 0 Å². The second-order valence-electron chi connectivity index (χ2n) is 15.8. The van der Waals surface area contributed by atoms with Gasteiger partial charge in [0, 0.05) is 11.1 Å². The van der Waals surface area contributed by atoms with Crippen molar-refractivity contribution in [2.24, 2.45) is 0 Å². The van der Waals surface area contributed by atoms with Crippen molar-refractivity contribution in [2.75, 3.05) is 10.8 Å². The predicted molar refractivity (Wildman–Crippen MR) is 253 cm³/mol. The molecule has 1 amide bonds. The lowest BCUT2D eigenvalue weighted by atomic mass is 9.78. The first-order valence-electron chi connectivity index (χ1n) is 21.0. The molecule has 4 N–H and O–H groups in total. The van der Waals surface area contributed by atoms with Crippen molar-refractivity contribution in [3.63, 3.8) is 0 Å². The van der Waals surface area contributed by atoms with Gasteiger partial charge in [0.2, 0.25) is 0 Å². The number of hydrogen-bond acceptors (Lipinski definition) is 8. The zero-order chi connectivity index (χ0) is 45.2. The summed E-state index contributed by atoms with van der Waals surface area (Å²) in [4.78, 5) is 35.5. The number of nitrogens with one attached hydrogen (secondary N) is 2. The van der Waals surface area contributed by atoms with Crippen LogP contribution in [0.5, 0.6) is 23.0 Å². The third-order valence-corrected chi connectivity index (χ3v) is 11.1. The molecule has 8 aromatic rings. The van der Waals surface area contributed by atoms with Crippen LogP contribution in [-0.2, 0) is 28.4 Å². The van der Waals surface area contributed by atoms with Crippen LogP contribution < -0.4 is 20.3 Å². The molecule has 65 heavy (non-hydrogen) atoms. The molecular formula is C55H46N2O8. The fourth-order valence-electron chi connectivity index (χ4n) is 7.42. The molecule has 0 aromatic heterocycles. The number of ether oxygens (including phenoxy) is 2. The number of hydrogen-bond donors (Lipinski definition) is 4. The number of benzene rings is 8. The second kappa shape index (κ2) is 20.0. The minimum absolute atomic E-state index is 0.0558. The van der Waals surface area contributed by atoms with Crippen LogP contribution in [0.3, 0.4) is 0 Å². The highest BCUT2D eigenvalue weighted by Crippen LogP contribution is 2.35. The van der Waals surface area contributed by atoms with Crippen LogP contribution in [0, 0.1) is 0 Å². The van der Waals surface area contributed by atoms with Gasteiger partial charge in [0.15, 0.2) is 0 Å². The molecule has 0 unspecified atom stereocenters. The van der Waals surface area contributed by atoms with Crippen LogP contribution in [0.25, 0.3) is 22.3 Å².